The smallest absolute Gasteiger partial charge is 0.340 e. The molecule has 102 valence electrons. The van der Waals surface area contributed by atoms with E-state index in [1.807, 2.05) is 0 Å². The third-order valence-electron chi connectivity index (χ3n) is 2.52. The summed E-state index contributed by atoms with van der Waals surface area (Å²) >= 11 is 0. The van der Waals surface area contributed by atoms with Gasteiger partial charge in [0.2, 0.25) is 0 Å². The van der Waals surface area contributed by atoms with Crippen molar-refractivity contribution < 1.29 is 14.6 Å². The van der Waals surface area contributed by atoms with Crippen LogP contribution in [0.25, 0.3) is 0 Å². The second kappa shape index (κ2) is 6.47. The number of esters is 1. The maximum atomic E-state index is 11.8. The van der Waals surface area contributed by atoms with Crippen molar-refractivity contribution in [3.8, 4) is 5.75 Å². The minimum Gasteiger partial charge on any atom is -0.508 e. The van der Waals surface area contributed by atoms with E-state index < -0.39 is 5.97 Å². The molecule has 0 aliphatic heterocycles. The summed E-state index contributed by atoms with van der Waals surface area (Å²) in [5.74, 6) is -0.261. The highest BCUT2D eigenvalue weighted by Crippen LogP contribution is 2.24. The highest BCUT2D eigenvalue weighted by atomic mass is 16.5. The van der Waals surface area contributed by atoms with Crippen LogP contribution >= 0.6 is 0 Å². The van der Waals surface area contributed by atoms with E-state index >= 15 is 0 Å². The van der Waals surface area contributed by atoms with Gasteiger partial charge in [0, 0.05) is 0 Å². The van der Waals surface area contributed by atoms with Gasteiger partial charge in [0.15, 0.2) is 0 Å². The minimum atomic E-state index is -0.423. The minimum absolute atomic E-state index is 0.163. The Bertz CT molecular complexity index is 621. The van der Waals surface area contributed by atoms with Gasteiger partial charge < -0.3 is 9.84 Å². The number of nitrogens with zero attached hydrogens (tertiary/aromatic N) is 2. The highest BCUT2D eigenvalue weighted by molar-refractivity contribution is 5.94. The molecular formula is C15H14N2O3. The maximum Gasteiger partial charge on any atom is 0.340 e. The summed E-state index contributed by atoms with van der Waals surface area (Å²) in [4.78, 5) is 11.8. The molecular weight excluding hydrogens is 256 g/mol. The van der Waals surface area contributed by atoms with Crippen molar-refractivity contribution in [2.45, 2.75) is 6.92 Å². The summed E-state index contributed by atoms with van der Waals surface area (Å²) in [6.07, 6.45) is 0. The third kappa shape index (κ3) is 3.41. The van der Waals surface area contributed by atoms with Crippen molar-refractivity contribution in [1.82, 2.24) is 0 Å². The summed E-state index contributed by atoms with van der Waals surface area (Å²) in [6.45, 7) is 2.06. The van der Waals surface area contributed by atoms with Gasteiger partial charge in [0.05, 0.1) is 17.9 Å². The fourth-order valence-corrected chi connectivity index (χ4v) is 1.57. The first-order chi connectivity index (χ1) is 9.70. The highest BCUT2D eigenvalue weighted by Gasteiger charge is 2.11. The molecule has 0 unspecified atom stereocenters. The summed E-state index contributed by atoms with van der Waals surface area (Å²) in [5, 5.41) is 17.3. The van der Waals surface area contributed by atoms with Gasteiger partial charge in [-0.25, -0.2) is 4.79 Å². The molecule has 2 aromatic rings. The fourth-order valence-electron chi connectivity index (χ4n) is 1.57. The number of aromatic hydroxyl groups is 1. The van der Waals surface area contributed by atoms with Gasteiger partial charge in [-0.15, -0.1) is 5.11 Å². The molecule has 0 amide bonds. The van der Waals surface area contributed by atoms with Crippen LogP contribution in [0.4, 0.5) is 11.4 Å². The monoisotopic (exact) mass is 270 g/mol. The molecule has 0 aliphatic rings. The van der Waals surface area contributed by atoms with Gasteiger partial charge in [0.1, 0.15) is 11.4 Å². The van der Waals surface area contributed by atoms with E-state index in [9.17, 15) is 9.90 Å². The number of hydrogen-bond acceptors (Lipinski definition) is 5. The Morgan fingerprint density at radius 3 is 2.50 bits per heavy atom. The van der Waals surface area contributed by atoms with Crippen LogP contribution in [0.1, 0.15) is 17.3 Å². The van der Waals surface area contributed by atoms with Crippen LogP contribution in [0.15, 0.2) is 58.8 Å². The first-order valence-corrected chi connectivity index (χ1v) is 6.17. The van der Waals surface area contributed by atoms with E-state index in [0.717, 1.165) is 0 Å². The summed E-state index contributed by atoms with van der Waals surface area (Å²) in [5.41, 5.74) is 1.40. The van der Waals surface area contributed by atoms with Crippen LogP contribution in [0.3, 0.4) is 0 Å². The lowest BCUT2D eigenvalue weighted by atomic mass is 10.2. The molecule has 0 atom stereocenters. The molecule has 1 N–H and O–H groups in total. The van der Waals surface area contributed by atoms with Crippen molar-refractivity contribution in [2.75, 3.05) is 6.61 Å². The number of hydrogen-bond donors (Lipinski definition) is 1. The van der Waals surface area contributed by atoms with Crippen molar-refractivity contribution in [3.63, 3.8) is 0 Å². The zero-order valence-corrected chi connectivity index (χ0v) is 11.0. The van der Waals surface area contributed by atoms with Crippen LogP contribution in [-0.4, -0.2) is 17.7 Å². The lowest BCUT2D eigenvalue weighted by molar-refractivity contribution is 0.0527. The van der Waals surface area contributed by atoms with Crippen molar-refractivity contribution in [2.24, 2.45) is 10.2 Å². The number of ether oxygens (including phenoxy) is 1. The molecule has 5 nitrogen and oxygen atoms in total. The SMILES string of the molecule is CCOC(=O)c1ccccc1/N=N/c1ccc(O)cc1. The molecule has 0 fully saturated rings. The third-order valence-corrected chi connectivity index (χ3v) is 2.52. The Hall–Kier alpha value is -2.69. The van der Waals surface area contributed by atoms with Gasteiger partial charge >= 0.3 is 5.97 Å². The first-order valence-electron chi connectivity index (χ1n) is 6.17. The van der Waals surface area contributed by atoms with E-state index in [0.29, 0.717) is 23.5 Å². The average Bonchev–Trinajstić information content (AvgIpc) is 2.47. The van der Waals surface area contributed by atoms with Gasteiger partial charge in [0.25, 0.3) is 0 Å². The predicted molar refractivity (Wildman–Crippen MR) is 74.7 cm³/mol. The first kappa shape index (κ1) is 13.7. The molecule has 0 aromatic heterocycles. The van der Waals surface area contributed by atoms with Gasteiger partial charge in [-0.05, 0) is 43.3 Å². The summed E-state index contributed by atoms with van der Waals surface area (Å²) in [7, 11) is 0. The Kier molecular flexibility index (Phi) is 4.44. The van der Waals surface area contributed by atoms with Crippen molar-refractivity contribution >= 4 is 17.3 Å². The molecule has 0 heterocycles. The quantitative estimate of drug-likeness (QED) is 0.674. The zero-order chi connectivity index (χ0) is 14.4. The Morgan fingerprint density at radius 2 is 1.80 bits per heavy atom. The average molecular weight is 270 g/mol. The zero-order valence-electron chi connectivity index (χ0n) is 11.0. The lowest BCUT2D eigenvalue weighted by Crippen LogP contribution is -2.04. The van der Waals surface area contributed by atoms with Gasteiger partial charge in [-0.2, -0.15) is 5.11 Å². The van der Waals surface area contributed by atoms with Gasteiger partial charge in [-0.1, -0.05) is 12.1 Å². The number of benzene rings is 2. The molecule has 2 aromatic carbocycles. The van der Waals surface area contributed by atoms with E-state index in [2.05, 4.69) is 10.2 Å². The number of carbonyl (C=O) groups is 1. The summed E-state index contributed by atoms with van der Waals surface area (Å²) < 4.78 is 4.96. The van der Waals surface area contributed by atoms with E-state index in [1.54, 1.807) is 43.3 Å². The van der Waals surface area contributed by atoms with Crippen molar-refractivity contribution in [1.29, 1.82) is 0 Å². The van der Waals surface area contributed by atoms with Crippen LogP contribution in [0, 0.1) is 0 Å². The topological polar surface area (TPSA) is 71.2 Å². The predicted octanol–water partition coefficient (Wildman–Crippen LogP) is 3.98. The van der Waals surface area contributed by atoms with Crippen LogP contribution in [0.5, 0.6) is 5.75 Å². The molecule has 0 aliphatic carbocycles. The van der Waals surface area contributed by atoms with Crippen molar-refractivity contribution in [3.05, 3.63) is 54.1 Å². The van der Waals surface area contributed by atoms with E-state index in [4.69, 9.17) is 4.74 Å². The molecule has 20 heavy (non-hydrogen) atoms. The number of phenols is 1. The lowest BCUT2D eigenvalue weighted by Gasteiger charge is -2.03. The standard InChI is InChI=1S/C15H14N2O3/c1-2-20-15(19)13-5-3-4-6-14(13)17-16-11-7-9-12(18)10-8-11/h3-10,18H,2H2,1H3/b17-16+. The van der Waals surface area contributed by atoms with E-state index in [1.165, 1.54) is 12.1 Å². The molecule has 0 bridgehead atoms. The van der Waals surface area contributed by atoms with Crippen LogP contribution in [-0.2, 0) is 4.74 Å². The normalized spacial score (nSPS) is 10.7. The number of rotatable bonds is 4. The molecule has 0 saturated carbocycles. The van der Waals surface area contributed by atoms with Crippen LogP contribution in [0.2, 0.25) is 0 Å². The Morgan fingerprint density at radius 1 is 1.10 bits per heavy atom. The number of phenolic OH excluding ortho intramolecular Hbond substituents is 1. The second-order valence-electron chi connectivity index (χ2n) is 3.95. The van der Waals surface area contributed by atoms with Gasteiger partial charge in [-0.3, -0.25) is 0 Å². The number of azo groups is 1. The maximum absolute atomic E-state index is 11.8. The Labute approximate surface area is 116 Å². The Balaban J connectivity index is 2.24. The van der Waals surface area contributed by atoms with Crippen LogP contribution < -0.4 is 0 Å². The molecule has 0 spiro atoms. The fraction of sp³-hybridized carbons (Fsp3) is 0.133. The second-order valence-corrected chi connectivity index (χ2v) is 3.95. The molecule has 0 saturated heterocycles. The molecule has 5 heteroatoms. The largest absolute Gasteiger partial charge is 0.508 e. The number of carbonyl (C=O) groups excluding carboxylic acids is 1. The molecule has 2 rings (SSSR count). The molecule has 0 radical (unpaired) electrons. The summed E-state index contributed by atoms with van der Waals surface area (Å²) in [6, 6.07) is 13.1. The van der Waals surface area contributed by atoms with E-state index in [-0.39, 0.29) is 5.75 Å².